The standard InChI is InChI=1S/C23H25F3/c1-14-5-6-16-10-17(8-7-15(16)9-14)19-12-21(25)23(22(26)13-19)18-3-2-4-20(24)11-18/h2-4,11-17H,5-10H2,1H3. The molecule has 0 saturated heterocycles. The molecule has 0 N–H and O–H groups in total. The Kier molecular flexibility index (Phi) is 4.81. The second-order valence-electron chi connectivity index (χ2n) is 8.32. The summed E-state index contributed by atoms with van der Waals surface area (Å²) in [5.41, 5.74) is 0.877. The topological polar surface area (TPSA) is 0 Å². The number of benzene rings is 2. The summed E-state index contributed by atoms with van der Waals surface area (Å²) < 4.78 is 42.8. The van der Waals surface area contributed by atoms with E-state index in [-0.39, 0.29) is 17.0 Å². The van der Waals surface area contributed by atoms with Crippen LogP contribution in [0.1, 0.15) is 56.9 Å². The normalized spacial score (nSPS) is 28.6. The summed E-state index contributed by atoms with van der Waals surface area (Å²) >= 11 is 0. The minimum Gasteiger partial charge on any atom is -0.207 e. The first kappa shape index (κ1) is 17.6. The lowest BCUT2D eigenvalue weighted by Crippen LogP contribution is -2.29. The second-order valence-corrected chi connectivity index (χ2v) is 8.32. The molecule has 2 fully saturated rings. The molecule has 0 aromatic heterocycles. The molecule has 2 aliphatic rings. The number of fused-ring (bicyclic) bond motifs is 1. The van der Waals surface area contributed by atoms with E-state index in [0.717, 1.165) is 36.7 Å². The van der Waals surface area contributed by atoms with Crippen molar-refractivity contribution in [3.63, 3.8) is 0 Å². The molecule has 4 unspecified atom stereocenters. The van der Waals surface area contributed by atoms with Gasteiger partial charge in [0.05, 0.1) is 5.56 Å². The van der Waals surface area contributed by atoms with Crippen LogP contribution in [0.3, 0.4) is 0 Å². The van der Waals surface area contributed by atoms with Gasteiger partial charge in [0.2, 0.25) is 0 Å². The third kappa shape index (κ3) is 3.41. The van der Waals surface area contributed by atoms with Crippen molar-refractivity contribution < 1.29 is 13.2 Å². The van der Waals surface area contributed by atoms with Crippen molar-refractivity contribution in [2.75, 3.05) is 0 Å². The average Bonchev–Trinajstić information content (AvgIpc) is 2.60. The summed E-state index contributed by atoms with van der Waals surface area (Å²) in [5, 5.41) is 0. The van der Waals surface area contributed by atoms with Crippen molar-refractivity contribution in [2.24, 2.45) is 17.8 Å². The Morgan fingerprint density at radius 3 is 2.23 bits per heavy atom. The Balaban J connectivity index is 1.59. The van der Waals surface area contributed by atoms with E-state index in [9.17, 15) is 13.2 Å². The molecule has 0 amide bonds. The van der Waals surface area contributed by atoms with Crippen molar-refractivity contribution in [3.8, 4) is 11.1 Å². The molecule has 0 nitrogen and oxygen atoms in total. The zero-order valence-electron chi connectivity index (χ0n) is 15.2. The van der Waals surface area contributed by atoms with Crippen molar-refractivity contribution in [2.45, 2.75) is 51.4 Å². The van der Waals surface area contributed by atoms with Crippen LogP contribution in [-0.4, -0.2) is 0 Å². The quantitative estimate of drug-likeness (QED) is 0.537. The zero-order valence-corrected chi connectivity index (χ0v) is 15.2. The number of hydrogen-bond acceptors (Lipinski definition) is 0. The third-order valence-corrected chi connectivity index (χ3v) is 6.52. The fourth-order valence-electron chi connectivity index (χ4n) is 5.17. The Bertz CT molecular complexity index is 775. The molecule has 138 valence electrons. The molecule has 4 rings (SSSR count). The summed E-state index contributed by atoms with van der Waals surface area (Å²) in [6, 6.07) is 8.41. The van der Waals surface area contributed by atoms with E-state index in [2.05, 4.69) is 6.92 Å². The van der Waals surface area contributed by atoms with Crippen LogP contribution in [0.5, 0.6) is 0 Å². The highest BCUT2D eigenvalue weighted by molar-refractivity contribution is 5.65. The van der Waals surface area contributed by atoms with Gasteiger partial charge in [-0.2, -0.15) is 0 Å². The lowest BCUT2D eigenvalue weighted by atomic mass is 9.64. The van der Waals surface area contributed by atoms with Crippen molar-refractivity contribution in [1.29, 1.82) is 0 Å². The highest BCUT2D eigenvalue weighted by atomic mass is 19.1. The average molecular weight is 358 g/mol. The maximum atomic E-state index is 14.7. The number of hydrogen-bond donors (Lipinski definition) is 0. The minimum atomic E-state index is -0.593. The Labute approximate surface area is 153 Å². The first-order chi connectivity index (χ1) is 12.5. The summed E-state index contributed by atoms with van der Waals surface area (Å²) in [7, 11) is 0. The predicted octanol–water partition coefficient (Wildman–Crippen LogP) is 7.09. The van der Waals surface area contributed by atoms with Crippen molar-refractivity contribution in [1.82, 2.24) is 0 Å². The monoisotopic (exact) mass is 358 g/mol. The van der Waals surface area contributed by atoms with E-state index in [1.165, 1.54) is 49.6 Å². The van der Waals surface area contributed by atoms with Crippen LogP contribution in [0.2, 0.25) is 0 Å². The molecular weight excluding hydrogens is 333 g/mol. The van der Waals surface area contributed by atoms with Gasteiger partial charge in [0.15, 0.2) is 0 Å². The van der Waals surface area contributed by atoms with Gasteiger partial charge in [-0.1, -0.05) is 25.5 Å². The molecule has 0 bridgehead atoms. The zero-order chi connectivity index (χ0) is 18.3. The van der Waals surface area contributed by atoms with Crippen LogP contribution in [0.4, 0.5) is 13.2 Å². The van der Waals surface area contributed by atoms with Gasteiger partial charge in [-0.15, -0.1) is 0 Å². The number of rotatable bonds is 2. The van der Waals surface area contributed by atoms with E-state index in [1.54, 1.807) is 6.07 Å². The summed E-state index contributed by atoms with van der Waals surface area (Å²) in [6.45, 7) is 2.33. The lowest BCUT2D eigenvalue weighted by molar-refractivity contribution is 0.124. The molecule has 0 radical (unpaired) electrons. The van der Waals surface area contributed by atoms with Crippen molar-refractivity contribution in [3.05, 3.63) is 59.4 Å². The minimum absolute atomic E-state index is 0.131. The summed E-state index contributed by atoms with van der Waals surface area (Å²) in [5.74, 6) is 0.851. The fourth-order valence-corrected chi connectivity index (χ4v) is 5.17. The molecule has 0 heterocycles. The number of halogens is 3. The molecule has 4 atom stereocenters. The Morgan fingerprint density at radius 2 is 1.50 bits per heavy atom. The molecule has 26 heavy (non-hydrogen) atoms. The van der Waals surface area contributed by atoms with Gasteiger partial charge >= 0.3 is 0 Å². The van der Waals surface area contributed by atoms with Gasteiger partial charge in [0.1, 0.15) is 17.5 Å². The maximum Gasteiger partial charge on any atom is 0.134 e. The van der Waals surface area contributed by atoms with Gasteiger partial charge in [0, 0.05) is 0 Å². The largest absolute Gasteiger partial charge is 0.207 e. The summed E-state index contributed by atoms with van der Waals surface area (Å²) in [6.07, 6.45) is 7.03. The SMILES string of the molecule is CC1CCC2CC(c3cc(F)c(-c4cccc(F)c4)c(F)c3)CCC2C1. The Morgan fingerprint density at radius 1 is 0.808 bits per heavy atom. The Hall–Kier alpha value is -1.77. The van der Waals surface area contributed by atoms with Crippen LogP contribution >= 0.6 is 0 Å². The van der Waals surface area contributed by atoms with E-state index in [1.807, 2.05) is 0 Å². The van der Waals surface area contributed by atoms with Gasteiger partial charge < -0.3 is 0 Å². The predicted molar refractivity (Wildman–Crippen MR) is 98.3 cm³/mol. The van der Waals surface area contributed by atoms with Crippen LogP contribution in [0, 0.1) is 35.2 Å². The highest BCUT2D eigenvalue weighted by Crippen LogP contribution is 2.48. The lowest BCUT2D eigenvalue weighted by Gasteiger charge is -2.41. The summed E-state index contributed by atoms with van der Waals surface area (Å²) in [4.78, 5) is 0. The molecule has 0 spiro atoms. The van der Waals surface area contributed by atoms with Gasteiger partial charge in [0.25, 0.3) is 0 Å². The van der Waals surface area contributed by atoms with E-state index in [0.29, 0.717) is 5.92 Å². The molecule has 2 aliphatic carbocycles. The smallest absolute Gasteiger partial charge is 0.134 e. The highest BCUT2D eigenvalue weighted by Gasteiger charge is 2.35. The molecule has 0 aliphatic heterocycles. The van der Waals surface area contributed by atoms with E-state index in [4.69, 9.17) is 0 Å². The van der Waals surface area contributed by atoms with Gasteiger partial charge in [-0.3, -0.25) is 0 Å². The van der Waals surface area contributed by atoms with Crippen LogP contribution < -0.4 is 0 Å². The second kappa shape index (κ2) is 7.09. The molecule has 2 aromatic rings. The fraction of sp³-hybridized carbons (Fsp3) is 0.478. The third-order valence-electron chi connectivity index (χ3n) is 6.52. The van der Waals surface area contributed by atoms with Crippen LogP contribution in [-0.2, 0) is 0 Å². The van der Waals surface area contributed by atoms with Crippen LogP contribution in [0.25, 0.3) is 11.1 Å². The molecule has 2 aromatic carbocycles. The molecule has 2 saturated carbocycles. The van der Waals surface area contributed by atoms with Crippen molar-refractivity contribution >= 4 is 0 Å². The first-order valence-corrected chi connectivity index (χ1v) is 9.76. The first-order valence-electron chi connectivity index (χ1n) is 9.76. The van der Waals surface area contributed by atoms with E-state index < -0.39 is 17.5 Å². The van der Waals surface area contributed by atoms with Crippen LogP contribution in [0.15, 0.2) is 36.4 Å². The molecular formula is C23H25F3. The van der Waals surface area contributed by atoms with Gasteiger partial charge in [-0.25, -0.2) is 13.2 Å². The maximum absolute atomic E-state index is 14.7. The molecule has 3 heteroatoms. The van der Waals surface area contributed by atoms with E-state index >= 15 is 0 Å². The van der Waals surface area contributed by atoms with Gasteiger partial charge in [-0.05, 0) is 91.2 Å².